The van der Waals surface area contributed by atoms with E-state index in [0.29, 0.717) is 53.3 Å². The number of primary amides is 1. The maximum atomic E-state index is 13.1. The third-order valence-electron chi connectivity index (χ3n) is 4.95. The second-order valence-electron chi connectivity index (χ2n) is 6.99. The van der Waals surface area contributed by atoms with E-state index < -0.39 is 11.8 Å². The first-order valence-electron chi connectivity index (χ1n) is 9.88. The molecule has 10 nitrogen and oxygen atoms in total. The smallest absolute Gasteiger partial charge is 0.298 e. The summed E-state index contributed by atoms with van der Waals surface area (Å²) in [7, 11) is 3.28. The lowest BCUT2D eigenvalue weighted by atomic mass is 10.1. The lowest BCUT2D eigenvalue weighted by Gasteiger charge is -2.08. The van der Waals surface area contributed by atoms with Gasteiger partial charge in [-0.1, -0.05) is 12.2 Å². The first-order valence-corrected chi connectivity index (χ1v) is 9.88. The molecule has 0 saturated heterocycles. The third-order valence-corrected chi connectivity index (χ3v) is 4.95. The molecule has 10 heteroatoms. The Hall–Kier alpha value is -3.66. The molecule has 0 atom stereocenters. The number of rotatable bonds is 7. The van der Waals surface area contributed by atoms with Crippen LogP contribution in [-0.2, 0) is 20.1 Å². The van der Waals surface area contributed by atoms with Gasteiger partial charge < -0.3 is 25.3 Å². The Bertz CT molecular complexity index is 1240. The third kappa shape index (κ3) is 4.15. The molecule has 0 bridgehead atoms. The molecule has 0 unspecified atom stereocenters. The van der Waals surface area contributed by atoms with E-state index in [1.165, 1.54) is 7.11 Å². The summed E-state index contributed by atoms with van der Waals surface area (Å²) in [5.41, 5.74) is 14.2. The quantitative estimate of drug-likeness (QED) is 0.542. The van der Waals surface area contributed by atoms with E-state index in [2.05, 4.69) is 10.1 Å². The van der Waals surface area contributed by atoms with Crippen LogP contribution in [0.25, 0.3) is 11.0 Å². The first-order chi connectivity index (χ1) is 14.8. The predicted molar refractivity (Wildman–Crippen MR) is 117 cm³/mol. The fraction of sp³-hybridized carbons (Fsp3) is 0.333. The van der Waals surface area contributed by atoms with E-state index in [4.69, 9.17) is 16.2 Å². The minimum atomic E-state index is -0.576. The number of hydrogen-bond donors (Lipinski definition) is 2. The van der Waals surface area contributed by atoms with Gasteiger partial charge >= 0.3 is 0 Å². The van der Waals surface area contributed by atoms with Crippen molar-refractivity contribution in [3.05, 3.63) is 52.9 Å². The average molecular weight is 425 g/mol. The average Bonchev–Trinajstić information content (AvgIpc) is 3.26. The number of benzene rings is 1. The number of imidazole rings is 1. The van der Waals surface area contributed by atoms with Crippen LogP contribution in [0.4, 0.5) is 0 Å². The minimum Gasteiger partial charge on any atom is -0.494 e. The van der Waals surface area contributed by atoms with Crippen LogP contribution in [0, 0.1) is 6.92 Å². The summed E-state index contributed by atoms with van der Waals surface area (Å²) < 4.78 is 10.7. The molecule has 0 aliphatic heterocycles. The van der Waals surface area contributed by atoms with Gasteiger partial charge in [-0.05, 0) is 32.0 Å². The fourth-order valence-electron chi connectivity index (χ4n) is 3.50. The van der Waals surface area contributed by atoms with Crippen molar-refractivity contribution in [1.29, 1.82) is 0 Å². The maximum absolute atomic E-state index is 13.1. The Morgan fingerprint density at radius 1 is 1.26 bits per heavy atom. The molecule has 0 aliphatic rings. The van der Waals surface area contributed by atoms with E-state index in [-0.39, 0.29) is 0 Å². The van der Waals surface area contributed by atoms with Crippen molar-refractivity contribution in [2.24, 2.45) is 23.5 Å². The summed E-state index contributed by atoms with van der Waals surface area (Å²) in [6.07, 6.45) is 3.70. The van der Waals surface area contributed by atoms with Gasteiger partial charge in [-0.3, -0.25) is 14.3 Å². The molecule has 4 N–H and O–H groups in total. The highest BCUT2D eigenvalue weighted by atomic mass is 16.5. The molecule has 164 valence electrons. The first kappa shape index (κ1) is 22.0. The number of nitrogens with zero attached hydrogens (tertiary/aromatic N) is 5. The van der Waals surface area contributed by atoms with Crippen LogP contribution in [0.1, 0.15) is 33.5 Å². The lowest BCUT2D eigenvalue weighted by Crippen LogP contribution is -2.26. The molecule has 1 aromatic carbocycles. The van der Waals surface area contributed by atoms with Crippen LogP contribution in [-0.4, -0.2) is 44.4 Å². The zero-order valence-corrected chi connectivity index (χ0v) is 18.1. The van der Waals surface area contributed by atoms with E-state index >= 15 is 0 Å². The van der Waals surface area contributed by atoms with Gasteiger partial charge in [0.15, 0.2) is 0 Å². The molecule has 0 spiro atoms. The van der Waals surface area contributed by atoms with Gasteiger partial charge in [-0.15, -0.1) is 0 Å². The van der Waals surface area contributed by atoms with Gasteiger partial charge in [-0.2, -0.15) is 10.1 Å². The molecule has 2 aromatic heterocycles. The number of carbonyl (C=O) groups is 2. The van der Waals surface area contributed by atoms with Crippen LogP contribution in [0.15, 0.2) is 35.3 Å². The topological polar surface area (TPSA) is 135 Å². The summed E-state index contributed by atoms with van der Waals surface area (Å²) in [5.74, 6) is -0.543. The van der Waals surface area contributed by atoms with E-state index in [9.17, 15) is 9.59 Å². The number of hydrogen-bond acceptors (Lipinski definition) is 5. The highest BCUT2D eigenvalue weighted by Gasteiger charge is 2.19. The van der Waals surface area contributed by atoms with Gasteiger partial charge in [-0.25, -0.2) is 0 Å². The molecule has 0 aliphatic carbocycles. The van der Waals surface area contributed by atoms with Crippen molar-refractivity contribution in [3.63, 3.8) is 0 Å². The second-order valence-corrected chi connectivity index (χ2v) is 6.99. The standard InChI is InChI=1S/C21H27N7O3/c1-5-28-16(10-13(2)25-28)20(30)24-21-26(3)15-11-14(19(23)29)12-17(31-4)18(15)27(21)9-7-6-8-22/h6-7,10-12H,5,8-9,22H2,1-4H3,(H2,23,29)/b7-6+,24-21-. The number of ether oxygens (including phenoxy) is 1. The maximum Gasteiger partial charge on any atom is 0.298 e. The minimum absolute atomic E-state index is 0.298. The van der Waals surface area contributed by atoms with Gasteiger partial charge in [0.25, 0.3) is 5.91 Å². The summed E-state index contributed by atoms with van der Waals surface area (Å²) in [5, 5.41) is 4.32. The Balaban J connectivity index is 2.33. The summed E-state index contributed by atoms with van der Waals surface area (Å²) in [6.45, 7) is 5.07. The number of methoxy groups -OCH3 is 1. The number of carbonyl (C=O) groups excluding carboxylic acids is 2. The number of amides is 2. The molecule has 2 amide bonds. The molecule has 3 rings (SSSR count). The van der Waals surface area contributed by atoms with Crippen molar-refractivity contribution in [2.75, 3.05) is 13.7 Å². The molecule has 0 radical (unpaired) electrons. The molecule has 0 saturated carbocycles. The van der Waals surface area contributed by atoms with Crippen molar-refractivity contribution < 1.29 is 14.3 Å². The molecule has 31 heavy (non-hydrogen) atoms. The number of fused-ring (bicyclic) bond motifs is 1. The van der Waals surface area contributed by atoms with Crippen LogP contribution in [0.3, 0.4) is 0 Å². The highest BCUT2D eigenvalue weighted by molar-refractivity contribution is 5.98. The van der Waals surface area contributed by atoms with E-state index in [0.717, 1.165) is 5.69 Å². The van der Waals surface area contributed by atoms with Crippen LogP contribution in [0.5, 0.6) is 5.75 Å². The number of aromatic nitrogens is 4. The number of nitrogens with two attached hydrogens (primary N) is 2. The Kier molecular flexibility index (Phi) is 6.40. The van der Waals surface area contributed by atoms with Crippen LogP contribution < -0.4 is 21.8 Å². The monoisotopic (exact) mass is 425 g/mol. The Labute approximate surface area is 179 Å². The highest BCUT2D eigenvalue weighted by Crippen LogP contribution is 2.27. The molecule has 2 heterocycles. The van der Waals surface area contributed by atoms with Gasteiger partial charge in [0.05, 0.1) is 18.3 Å². The van der Waals surface area contributed by atoms with E-state index in [1.54, 1.807) is 34.5 Å². The zero-order valence-electron chi connectivity index (χ0n) is 18.1. The molecule has 0 fully saturated rings. The predicted octanol–water partition coefficient (Wildman–Crippen LogP) is 0.868. The normalized spacial score (nSPS) is 12.2. The molecular weight excluding hydrogens is 398 g/mol. The van der Waals surface area contributed by atoms with Crippen molar-refractivity contribution >= 4 is 22.8 Å². The summed E-state index contributed by atoms with van der Waals surface area (Å²) in [4.78, 5) is 29.3. The van der Waals surface area contributed by atoms with Crippen molar-refractivity contribution in [1.82, 2.24) is 18.9 Å². The fourth-order valence-corrected chi connectivity index (χ4v) is 3.50. The summed E-state index contributed by atoms with van der Waals surface area (Å²) in [6, 6.07) is 4.95. The Morgan fingerprint density at radius 2 is 2.00 bits per heavy atom. The number of allylic oxidation sites excluding steroid dienone is 1. The van der Waals surface area contributed by atoms with E-state index in [1.807, 2.05) is 30.6 Å². The van der Waals surface area contributed by atoms with Crippen LogP contribution in [0.2, 0.25) is 0 Å². The van der Waals surface area contributed by atoms with Crippen molar-refractivity contribution in [2.45, 2.75) is 26.9 Å². The zero-order chi connectivity index (χ0) is 22.7. The lowest BCUT2D eigenvalue weighted by molar-refractivity contribution is 0.0982. The Morgan fingerprint density at radius 3 is 2.61 bits per heavy atom. The summed E-state index contributed by atoms with van der Waals surface area (Å²) >= 11 is 0. The largest absolute Gasteiger partial charge is 0.494 e. The van der Waals surface area contributed by atoms with Gasteiger partial charge in [0.1, 0.15) is 17.0 Å². The number of aryl methyl sites for hydroxylation is 3. The van der Waals surface area contributed by atoms with Gasteiger partial charge in [0.2, 0.25) is 11.5 Å². The molecular formula is C21H27N7O3. The SMILES string of the molecule is CCn1nc(C)cc1C(=O)/N=c1/n(C)c2cc(C(N)=O)cc(OC)c2n1C/C=C/CN. The van der Waals surface area contributed by atoms with Gasteiger partial charge in [0, 0.05) is 32.2 Å². The van der Waals surface area contributed by atoms with Crippen LogP contribution >= 0.6 is 0 Å². The second kappa shape index (κ2) is 9.00. The molecule has 3 aromatic rings. The van der Waals surface area contributed by atoms with Crippen molar-refractivity contribution in [3.8, 4) is 5.75 Å².